The molecule has 0 aromatic heterocycles. The van der Waals surface area contributed by atoms with Gasteiger partial charge < -0.3 is 5.32 Å². The number of rotatable bonds is 0. The number of hydrogen-bond acceptors (Lipinski definition) is 2. The molecule has 15 heavy (non-hydrogen) atoms. The van der Waals surface area contributed by atoms with Gasteiger partial charge in [0.25, 0.3) is 0 Å². The van der Waals surface area contributed by atoms with Crippen molar-refractivity contribution in [1.29, 1.82) is 0 Å². The van der Waals surface area contributed by atoms with Crippen molar-refractivity contribution < 1.29 is 13.6 Å². The topological polar surface area (TPSA) is 29.1 Å². The molecule has 2 rings (SSSR count). The molecule has 1 N–H and O–H groups in total. The second kappa shape index (κ2) is 3.89. The molecule has 0 saturated heterocycles. The van der Waals surface area contributed by atoms with Crippen molar-refractivity contribution in [2.75, 3.05) is 11.9 Å². The summed E-state index contributed by atoms with van der Waals surface area (Å²) in [5.74, 6) is -2.12. The highest BCUT2D eigenvalue weighted by Gasteiger charge is 2.22. The Morgan fingerprint density at radius 1 is 1.40 bits per heavy atom. The summed E-state index contributed by atoms with van der Waals surface area (Å²) in [4.78, 5) is 11.6. The van der Waals surface area contributed by atoms with Gasteiger partial charge in [-0.05, 0) is 28.4 Å². The van der Waals surface area contributed by atoms with Crippen LogP contribution in [0.1, 0.15) is 23.2 Å². The summed E-state index contributed by atoms with van der Waals surface area (Å²) >= 11 is 2.95. The number of benzene rings is 1. The van der Waals surface area contributed by atoms with E-state index >= 15 is 0 Å². The van der Waals surface area contributed by atoms with Crippen LogP contribution in [0.2, 0.25) is 0 Å². The Morgan fingerprint density at radius 2 is 2.13 bits per heavy atom. The molecule has 5 heteroatoms. The zero-order valence-corrected chi connectivity index (χ0v) is 9.33. The first-order valence-electron chi connectivity index (χ1n) is 4.56. The molecule has 1 heterocycles. The maximum absolute atomic E-state index is 13.2. The summed E-state index contributed by atoms with van der Waals surface area (Å²) < 4.78 is 26.3. The molecule has 80 valence electrons. The summed E-state index contributed by atoms with van der Waals surface area (Å²) in [6.07, 6.45) is 1.03. The monoisotopic (exact) mass is 275 g/mol. The third-order valence-corrected chi connectivity index (χ3v) is 3.09. The summed E-state index contributed by atoms with van der Waals surface area (Å²) in [7, 11) is 0. The van der Waals surface area contributed by atoms with Crippen LogP contribution in [0.15, 0.2) is 10.5 Å². The Morgan fingerprint density at radius 3 is 2.87 bits per heavy atom. The molecule has 0 radical (unpaired) electrons. The van der Waals surface area contributed by atoms with Crippen LogP contribution in [0.5, 0.6) is 0 Å². The molecular weight excluding hydrogens is 268 g/mol. The average molecular weight is 276 g/mol. The van der Waals surface area contributed by atoms with E-state index < -0.39 is 11.6 Å². The molecule has 0 unspecified atom stereocenters. The average Bonchev–Trinajstić information content (AvgIpc) is 2.39. The molecule has 0 aliphatic carbocycles. The minimum Gasteiger partial charge on any atom is -0.383 e. The largest absolute Gasteiger partial charge is 0.383 e. The number of ketones is 1. The first-order chi connectivity index (χ1) is 7.11. The molecule has 0 bridgehead atoms. The third kappa shape index (κ3) is 1.76. The maximum atomic E-state index is 13.2. The first kappa shape index (κ1) is 10.5. The summed E-state index contributed by atoms with van der Waals surface area (Å²) in [5.41, 5.74) is 0.578. The van der Waals surface area contributed by atoms with Gasteiger partial charge in [-0.2, -0.15) is 0 Å². The van der Waals surface area contributed by atoms with Gasteiger partial charge in [-0.3, -0.25) is 4.79 Å². The lowest BCUT2D eigenvalue weighted by Gasteiger charge is -2.10. The molecule has 0 saturated carbocycles. The van der Waals surface area contributed by atoms with E-state index in [0.29, 0.717) is 25.1 Å². The zero-order chi connectivity index (χ0) is 11.0. The zero-order valence-electron chi connectivity index (χ0n) is 7.74. The molecule has 1 aliphatic rings. The first-order valence-corrected chi connectivity index (χ1v) is 5.35. The summed E-state index contributed by atoms with van der Waals surface area (Å²) in [6, 6.07) is 0.954. The Kier molecular flexibility index (Phi) is 2.73. The maximum Gasteiger partial charge on any atom is 0.175 e. The van der Waals surface area contributed by atoms with Gasteiger partial charge in [0.05, 0.1) is 10.2 Å². The standard InChI is InChI=1S/C10H8BrF2NO/c11-8-9(13)6(12)4-5-7(15)2-1-3-14-10(5)8/h4,14H,1-3H2. The van der Waals surface area contributed by atoms with Crippen LogP contribution in [-0.4, -0.2) is 12.3 Å². The molecule has 0 fully saturated rings. The fourth-order valence-corrected chi connectivity index (χ4v) is 2.13. The van der Waals surface area contributed by atoms with E-state index in [4.69, 9.17) is 0 Å². The Balaban J connectivity index is 2.65. The third-order valence-electron chi connectivity index (χ3n) is 2.35. The number of nitrogens with one attached hydrogen (secondary N) is 1. The highest BCUT2D eigenvalue weighted by atomic mass is 79.9. The van der Waals surface area contributed by atoms with Gasteiger partial charge in [-0.15, -0.1) is 0 Å². The summed E-state index contributed by atoms with van der Waals surface area (Å²) in [5, 5.41) is 2.92. The van der Waals surface area contributed by atoms with E-state index in [9.17, 15) is 13.6 Å². The quantitative estimate of drug-likeness (QED) is 0.738. The van der Waals surface area contributed by atoms with E-state index in [-0.39, 0.29) is 15.8 Å². The second-order valence-electron chi connectivity index (χ2n) is 3.36. The summed E-state index contributed by atoms with van der Waals surface area (Å²) in [6.45, 7) is 0.586. The number of carbonyl (C=O) groups is 1. The van der Waals surface area contributed by atoms with Gasteiger partial charge in [0.1, 0.15) is 0 Å². The second-order valence-corrected chi connectivity index (χ2v) is 4.16. The van der Waals surface area contributed by atoms with Crippen LogP contribution < -0.4 is 5.32 Å². The smallest absolute Gasteiger partial charge is 0.175 e. The van der Waals surface area contributed by atoms with Crippen molar-refractivity contribution in [3.8, 4) is 0 Å². The number of hydrogen-bond donors (Lipinski definition) is 1. The molecule has 1 aromatic carbocycles. The van der Waals surface area contributed by atoms with Crippen LogP contribution in [0.4, 0.5) is 14.5 Å². The molecule has 1 aliphatic heterocycles. The Hall–Kier alpha value is -0.970. The predicted molar refractivity (Wildman–Crippen MR) is 56.1 cm³/mol. The Labute approximate surface area is 93.8 Å². The number of carbonyl (C=O) groups excluding carboxylic acids is 1. The van der Waals surface area contributed by atoms with Gasteiger partial charge >= 0.3 is 0 Å². The lowest BCUT2D eigenvalue weighted by molar-refractivity contribution is 0.0983. The number of Topliss-reactive ketones (excluding diaryl/α,β-unsaturated/α-hetero) is 1. The van der Waals surface area contributed by atoms with Crippen LogP contribution in [0.3, 0.4) is 0 Å². The van der Waals surface area contributed by atoms with Gasteiger partial charge in [0.15, 0.2) is 17.4 Å². The molecule has 1 aromatic rings. The van der Waals surface area contributed by atoms with Gasteiger partial charge in [0.2, 0.25) is 0 Å². The van der Waals surface area contributed by atoms with Crippen molar-refractivity contribution >= 4 is 27.4 Å². The Bertz CT molecular complexity index is 434. The van der Waals surface area contributed by atoms with Crippen LogP contribution >= 0.6 is 15.9 Å². The highest BCUT2D eigenvalue weighted by Crippen LogP contribution is 2.33. The number of halogens is 3. The van der Waals surface area contributed by atoms with E-state index in [1.54, 1.807) is 0 Å². The van der Waals surface area contributed by atoms with Gasteiger partial charge in [-0.1, -0.05) is 0 Å². The lowest BCUT2D eigenvalue weighted by Crippen LogP contribution is -2.04. The van der Waals surface area contributed by atoms with E-state index in [0.717, 1.165) is 6.07 Å². The lowest BCUT2D eigenvalue weighted by atomic mass is 10.1. The van der Waals surface area contributed by atoms with E-state index in [1.807, 2.05) is 0 Å². The van der Waals surface area contributed by atoms with Crippen molar-refractivity contribution in [2.24, 2.45) is 0 Å². The van der Waals surface area contributed by atoms with Gasteiger partial charge in [-0.25, -0.2) is 8.78 Å². The number of fused-ring (bicyclic) bond motifs is 1. The highest BCUT2D eigenvalue weighted by molar-refractivity contribution is 9.10. The van der Waals surface area contributed by atoms with Crippen LogP contribution in [0.25, 0.3) is 0 Å². The molecule has 0 amide bonds. The van der Waals surface area contributed by atoms with E-state index in [2.05, 4.69) is 21.2 Å². The van der Waals surface area contributed by atoms with Crippen molar-refractivity contribution in [3.05, 3.63) is 27.7 Å². The number of anilines is 1. The van der Waals surface area contributed by atoms with E-state index in [1.165, 1.54) is 0 Å². The van der Waals surface area contributed by atoms with Crippen LogP contribution in [-0.2, 0) is 0 Å². The molecule has 0 spiro atoms. The molecule has 2 nitrogen and oxygen atoms in total. The minimum absolute atomic E-state index is 0.00671. The SMILES string of the molecule is O=C1CCCNc2c1cc(F)c(F)c2Br. The van der Waals surface area contributed by atoms with Crippen LogP contribution in [0, 0.1) is 11.6 Å². The van der Waals surface area contributed by atoms with Crippen molar-refractivity contribution in [2.45, 2.75) is 12.8 Å². The molecular formula is C10H8BrF2NO. The van der Waals surface area contributed by atoms with Crippen molar-refractivity contribution in [3.63, 3.8) is 0 Å². The fraction of sp³-hybridized carbons (Fsp3) is 0.300. The fourth-order valence-electron chi connectivity index (χ4n) is 1.58. The van der Waals surface area contributed by atoms with Crippen molar-refractivity contribution in [1.82, 2.24) is 0 Å². The molecule has 0 atom stereocenters. The normalized spacial score (nSPS) is 15.5. The predicted octanol–water partition coefficient (Wildman–Crippen LogP) is 3.12. The van der Waals surface area contributed by atoms with Gasteiger partial charge in [0, 0.05) is 18.5 Å². The minimum atomic E-state index is -1.00.